The number of aromatic amines is 1. The molecular formula is C27H25N5O3. The number of methoxy groups -OCH3 is 2. The van der Waals surface area contributed by atoms with Gasteiger partial charge in [-0.05, 0) is 48.4 Å². The lowest BCUT2D eigenvalue weighted by Gasteiger charge is -2.23. The fourth-order valence-electron chi connectivity index (χ4n) is 4.69. The topological polar surface area (TPSA) is 85.4 Å². The van der Waals surface area contributed by atoms with Crippen molar-refractivity contribution in [3.63, 3.8) is 0 Å². The van der Waals surface area contributed by atoms with E-state index in [-0.39, 0.29) is 0 Å². The molecule has 0 atom stereocenters. The molecule has 8 nitrogen and oxygen atoms in total. The molecule has 8 heteroatoms. The molecule has 0 amide bonds. The molecule has 1 N–H and O–H groups in total. The second-order valence-corrected chi connectivity index (χ2v) is 8.57. The van der Waals surface area contributed by atoms with Crippen LogP contribution >= 0.6 is 0 Å². The summed E-state index contributed by atoms with van der Waals surface area (Å²) in [5, 5.41) is 0.907. The van der Waals surface area contributed by atoms with Gasteiger partial charge in [0.25, 0.3) is 0 Å². The number of H-pyrrole nitrogens is 1. The average molecular weight is 468 g/mol. The second kappa shape index (κ2) is 8.47. The molecule has 3 aromatic carbocycles. The number of ether oxygens (including phenoxy) is 3. The Hall–Kier alpha value is -4.33. The number of benzene rings is 3. The van der Waals surface area contributed by atoms with Crippen LogP contribution < -0.4 is 19.1 Å². The van der Waals surface area contributed by atoms with Crippen molar-refractivity contribution in [2.45, 2.75) is 13.5 Å². The monoisotopic (exact) mass is 467 g/mol. The minimum atomic E-state index is 0.560. The predicted octanol–water partition coefficient (Wildman–Crippen LogP) is 4.90. The number of nitrogens with zero attached hydrogens (tertiary/aromatic N) is 4. The average Bonchev–Trinajstić information content (AvgIpc) is 3.13. The molecule has 0 bridgehead atoms. The fraction of sp³-hybridized carbons (Fsp3) is 0.222. The zero-order valence-electron chi connectivity index (χ0n) is 19.8. The third kappa shape index (κ3) is 3.77. The van der Waals surface area contributed by atoms with Gasteiger partial charge in [0.2, 0.25) is 0 Å². The molecule has 5 aromatic rings. The smallest absolute Gasteiger partial charge is 0.162 e. The van der Waals surface area contributed by atoms with Crippen LogP contribution in [0.15, 0.2) is 54.9 Å². The van der Waals surface area contributed by atoms with Crippen molar-refractivity contribution in [3.8, 4) is 28.4 Å². The molecule has 1 aliphatic rings. The summed E-state index contributed by atoms with van der Waals surface area (Å²) in [5.74, 6) is 3.94. The van der Waals surface area contributed by atoms with E-state index in [0.717, 1.165) is 56.0 Å². The van der Waals surface area contributed by atoms with E-state index in [1.165, 1.54) is 0 Å². The minimum absolute atomic E-state index is 0.560. The third-order valence-corrected chi connectivity index (χ3v) is 6.39. The molecule has 0 saturated heterocycles. The van der Waals surface area contributed by atoms with E-state index in [1.807, 2.05) is 19.1 Å². The summed E-state index contributed by atoms with van der Waals surface area (Å²) < 4.78 is 17.1. The van der Waals surface area contributed by atoms with Crippen molar-refractivity contribution < 1.29 is 14.2 Å². The van der Waals surface area contributed by atoms with Crippen molar-refractivity contribution in [2.24, 2.45) is 0 Å². The first-order chi connectivity index (χ1) is 17.1. The van der Waals surface area contributed by atoms with Gasteiger partial charge in [-0.25, -0.2) is 15.0 Å². The molecule has 0 unspecified atom stereocenters. The first kappa shape index (κ1) is 21.2. The van der Waals surface area contributed by atoms with Gasteiger partial charge in [0.1, 0.15) is 30.3 Å². The molecule has 1 aliphatic heterocycles. The number of aryl methyl sites for hydroxylation is 1. The zero-order chi connectivity index (χ0) is 23.9. The van der Waals surface area contributed by atoms with E-state index in [2.05, 4.69) is 61.2 Å². The highest BCUT2D eigenvalue weighted by atomic mass is 16.5. The van der Waals surface area contributed by atoms with Gasteiger partial charge in [-0.2, -0.15) is 0 Å². The van der Waals surface area contributed by atoms with Crippen molar-refractivity contribution in [1.29, 1.82) is 0 Å². The molecule has 176 valence electrons. The van der Waals surface area contributed by atoms with Gasteiger partial charge < -0.3 is 24.1 Å². The van der Waals surface area contributed by atoms with Gasteiger partial charge in [-0.1, -0.05) is 12.1 Å². The Morgan fingerprint density at radius 3 is 2.57 bits per heavy atom. The summed E-state index contributed by atoms with van der Waals surface area (Å²) in [6.07, 6.45) is 1.59. The van der Waals surface area contributed by atoms with Crippen LogP contribution in [-0.4, -0.2) is 47.3 Å². The van der Waals surface area contributed by atoms with Gasteiger partial charge in [0.15, 0.2) is 11.5 Å². The van der Waals surface area contributed by atoms with Crippen LogP contribution in [0.1, 0.15) is 11.4 Å². The number of hydrogen-bond donors (Lipinski definition) is 1. The Morgan fingerprint density at radius 2 is 1.71 bits per heavy atom. The van der Waals surface area contributed by atoms with Crippen LogP contribution in [0, 0.1) is 6.92 Å². The molecule has 0 saturated carbocycles. The van der Waals surface area contributed by atoms with E-state index in [1.54, 1.807) is 20.5 Å². The van der Waals surface area contributed by atoms with Crippen molar-refractivity contribution >= 4 is 27.8 Å². The van der Waals surface area contributed by atoms with Gasteiger partial charge in [0.05, 0.1) is 37.3 Å². The Labute approximate surface area is 202 Å². The maximum atomic E-state index is 6.11. The minimum Gasteiger partial charge on any atom is -0.493 e. The van der Waals surface area contributed by atoms with Crippen molar-refractivity contribution in [2.75, 3.05) is 32.3 Å². The molecule has 2 aromatic heterocycles. The maximum Gasteiger partial charge on any atom is 0.162 e. The predicted molar refractivity (Wildman–Crippen MR) is 135 cm³/mol. The molecule has 35 heavy (non-hydrogen) atoms. The Bertz CT molecular complexity index is 1560. The van der Waals surface area contributed by atoms with Gasteiger partial charge in [-0.15, -0.1) is 0 Å². The first-order valence-corrected chi connectivity index (χ1v) is 11.5. The number of imidazole rings is 1. The highest BCUT2D eigenvalue weighted by Gasteiger charge is 2.21. The lowest BCUT2D eigenvalue weighted by atomic mass is 10.0. The first-order valence-electron chi connectivity index (χ1n) is 11.5. The largest absolute Gasteiger partial charge is 0.493 e. The summed E-state index contributed by atoms with van der Waals surface area (Å²) in [5.41, 5.74) is 6.16. The van der Waals surface area contributed by atoms with E-state index in [0.29, 0.717) is 31.2 Å². The molecule has 3 heterocycles. The van der Waals surface area contributed by atoms with Crippen LogP contribution in [0.2, 0.25) is 0 Å². The quantitative estimate of drug-likeness (QED) is 0.402. The fourth-order valence-corrected chi connectivity index (χ4v) is 4.69. The van der Waals surface area contributed by atoms with E-state index in [9.17, 15) is 0 Å². The summed E-state index contributed by atoms with van der Waals surface area (Å²) in [6, 6.07) is 16.5. The molecule has 0 spiro atoms. The van der Waals surface area contributed by atoms with Crippen molar-refractivity contribution in [1.82, 2.24) is 19.9 Å². The number of anilines is 1. The molecule has 0 radical (unpaired) electrons. The molecular weight excluding hydrogens is 442 g/mol. The Morgan fingerprint density at radius 1 is 0.914 bits per heavy atom. The van der Waals surface area contributed by atoms with Crippen LogP contribution in [0.5, 0.6) is 17.2 Å². The molecule has 6 rings (SSSR count). The summed E-state index contributed by atoms with van der Waals surface area (Å²) in [4.78, 5) is 19.2. The lowest BCUT2D eigenvalue weighted by molar-refractivity contribution is 0.331. The number of fused-ring (bicyclic) bond motifs is 3. The zero-order valence-corrected chi connectivity index (χ0v) is 19.8. The SMILES string of the molecule is COc1cc2ncnc(N3CCOc4ccc(-c5ccc6nc(C)[nH]c6c5)cc4C3)c2cc1OC. The lowest BCUT2D eigenvalue weighted by Crippen LogP contribution is -2.26. The number of aromatic nitrogens is 4. The number of rotatable bonds is 4. The maximum absolute atomic E-state index is 6.11. The molecule has 0 fully saturated rings. The van der Waals surface area contributed by atoms with Gasteiger partial charge >= 0.3 is 0 Å². The second-order valence-electron chi connectivity index (χ2n) is 8.57. The Balaban J connectivity index is 1.39. The van der Waals surface area contributed by atoms with E-state index >= 15 is 0 Å². The normalized spacial score (nSPS) is 13.4. The van der Waals surface area contributed by atoms with Crippen LogP contribution in [-0.2, 0) is 6.54 Å². The van der Waals surface area contributed by atoms with Crippen LogP contribution in [0.3, 0.4) is 0 Å². The summed E-state index contributed by atoms with van der Waals surface area (Å²) in [6.45, 7) is 3.89. The van der Waals surface area contributed by atoms with E-state index in [4.69, 9.17) is 14.2 Å². The van der Waals surface area contributed by atoms with E-state index < -0.39 is 0 Å². The van der Waals surface area contributed by atoms with Crippen molar-refractivity contribution in [3.05, 3.63) is 66.2 Å². The van der Waals surface area contributed by atoms with Gasteiger partial charge in [0, 0.05) is 23.6 Å². The van der Waals surface area contributed by atoms with Crippen LogP contribution in [0.25, 0.3) is 33.1 Å². The third-order valence-electron chi connectivity index (χ3n) is 6.39. The summed E-state index contributed by atoms with van der Waals surface area (Å²) >= 11 is 0. The summed E-state index contributed by atoms with van der Waals surface area (Å²) in [7, 11) is 3.25. The highest BCUT2D eigenvalue weighted by molar-refractivity contribution is 5.92. The van der Waals surface area contributed by atoms with Gasteiger partial charge in [-0.3, -0.25) is 0 Å². The molecule has 0 aliphatic carbocycles. The standard InChI is InChI=1S/C27H25N5O3/c1-16-30-21-6-4-18(11-23(21)31-16)17-5-7-24-19(10-17)14-32(8-9-35-24)27-20-12-25(33-2)26(34-3)13-22(20)28-15-29-27/h4-7,10-13,15H,8-9,14H2,1-3H3,(H,30,31). The highest BCUT2D eigenvalue weighted by Crippen LogP contribution is 2.37. The number of nitrogens with one attached hydrogen (secondary N) is 1. The number of hydrogen-bond acceptors (Lipinski definition) is 7. The van der Waals surface area contributed by atoms with Crippen LogP contribution in [0.4, 0.5) is 5.82 Å². The Kier molecular flexibility index (Phi) is 5.13.